The lowest BCUT2D eigenvalue weighted by atomic mass is 9.92. The summed E-state index contributed by atoms with van der Waals surface area (Å²) in [7, 11) is -3.90. The van der Waals surface area contributed by atoms with Crippen LogP contribution in [0.15, 0.2) is 47.4 Å². The van der Waals surface area contributed by atoms with Crippen LogP contribution >= 0.6 is 11.6 Å². The molecule has 0 radical (unpaired) electrons. The first-order valence-electron chi connectivity index (χ1n) is 9.56. The summed E-state index contributed by atoms with van der Waals surface area (Å²) in [5, 5.41) is 9.27. The van der Waals surface area contributed by atoms with E-state index < -0.39 is 10.0 Å². The quantitative estimate of drug-likeness (QED) is 0.574. The van der Waals surface area contributed by atoms with Crippen molar-refractivity contribution in [2.45, 2.75) is 44.4 Å². The Morgan fingerprint density at radius 1 is 1.03 bits per heavy atom. The lowest BCUT2D eigenvalue weighted by Gasteiger charge is -2.21. The molecule has 3 rings (SSSR count). The van der Waals surface area contributed by atoms with Crippen molar-refractivity contribution < 1.29 is 13.2 Å². The van der Waals surface area contributed by atoms with Crippen molar-refractivity contribution in [3.05, 3.63) is 64.3 Å². The number of carbonyl (C=O) groups is 1. The zero-order valence-corrected chi connectivity index (χ0v) is 18.8. The average molecular weight is 446 g/mol. The van der Waals surface area contributed by atoms with E-state index in [2.05, 4.69) is 10.3 Å². The van der Waals surface area contributed by atoms with Crippen LogP contribution in [0.4, 0.5) is 5.69 Å². The summed E-state index contributed by atoms with van der Waals surface area (Å²) in [6, 6.07) is 11.4. The molecule has 6 nitrogen and oxygen atoms in total. The molecule has 0 aliphatic carbocycles. The Hall–Kier alpha value is -2.48. The van der Waals surface area contributed by atoms with E-state index in [1.165, 1.54) is 12.1 Å². The predicted octanol–water partition coefficient (Wildman–Crippen LogP) is 5.03. The average Bonchev–Trinajstić information content (AvgIpc) is 2.66. The Bertz CT molecular complexity index is 1210. The molecule has 0 saturated heterocycles. The van der Waals surface area contributed by atoms with Crippen molar-refractivity contribution in [2.75, 3.05) is 5.32 Å². The Kier molecular flexibility index (Phi) is 6.17. The summed E-state index contributed by atoms with van der Waals surface area (Å²) in [5.41, 5.74) is 3.16. The van der Waals surface area contributed by atoms with Gasteiger partial charge in [-0.3, -0.25) is 4.79 Å². The van der Waals surface area contributed by atoms with Crippen LogP contribution < -0.4 is 10.5 Å². The largest absolute Gasteiger partial charge is 0.320 e. The maximum atomic E-state index is 13.0. The van der Waals surface area contributed by atoms with Gasteiger partial charge >= 0.3 is 0 Å². The number of nitrogens with two attached hydrogens (primary N) is 1. The summed E-state index contributed by atoms with van der Waals surface area (Å²) in [6.45, 7) is 8.14. The standard InChI is InChI=1S/C22H24ClN3O3S/c1-12(2)16-10-14(23)11-17(13(3)4)21(16)26-22(27)19-9-8-15-18(25-19)6-5-7-20(15)30(24,28)29/h5-13H,1-4H3,(H,26,27)(H2,24,28,29). The van der Waals surface area contributed by atoms with Crippen LogP contribution in [-0.4, -0.2) is 19.3 Å². The summed E-state index contributed by atoms with van der Waals surface area (Å²) >= 11 is 6.30. The molecule has 0 saturated carbocycles. The number of hydrogen-bond acceptors (Lipinski definition) is 4. The van der Waals surface area contributed by atoms with Gasteiger partial charge in [-0.2, -0.15) is 0 Å². The summed E-state index contributed by atoms with van der Waals surface area (Å²) < 4.78 is 23.6. The SMILES string of the molecule is CC(C)c1cc(Cl)cc(C(C)C)c1NC(=O)c1ccc2c(S(N)(=O)=O)cccc2n1. The first-order chi connectivity index (χ1) is 14.0. The second-order valence-electron chi connectivity index (χ2n) is 7.79. The highest BCUT2D eigenvalue weighted by molar-refractivity contribution is 7.89. The molecule has 2 aromatic carbocycles. The van der Waals surface area contributed by atoms with Crippen molar-refractivity contribution in [1.29, 1.82) is 0 Å². The highest BCUT2D eigenvalue weighted by atomic mass is 35.5. The number of hydrogen-bond donors (Lipinski definition) is 2. The summed E-state index contributed by atoms with van der Waals surface area (Å²) in [6.07, 6.45) is 0. The van der Waals surface area contributed by atoms with Crippen LogP contribution in [-0.2, 0) is 10.0 Å². The molecule has 30 heavy (non-hydrogen) atoms. The third-order valence-corrected chi connectivity index (χ3v) is 6.06. The van der Waals surface area contributed by atoms with Crippen molar-refractivity contribution >= 4 is 44.1 Å². The van der Waals surface area contributed by atoms with E-state index in [1.54, 1.807) is 18.2 Å². The Morgan fingerprint density at radius 2 is 1.63 bits per heavy atom. The number of halogens is 1. The Balaban J connectivity index is 2.06. The van der Waals surface area contributed by atoms with Gasteiger partial charge in [-0.1, -0.05) is 45.4 Å². The highest BCUT2D eigenvalue weighted by Gasteiger charge is 2.20. The number of rotatable bonds is 5. The molecule has 1 aromatic heterocycles. The lowest BCUT2D eigenvalue weighted by molar-refractivity contribution is 0.102. The van der Waals surface area contributed by atoms with Gasteiger partial charge in [-0.25, -0.2) is 18.5 Å². The first-order valence-corrected chi connectivity index (χ1v) is 11.5. The molecule has 0 aliphatic heterocycles. The molecule has 8 heteroatoms. The van der Waals surface area contributed by atoms with E-state index in [0.29, 0.717) is 15.9 Å². The van der Waals surface area contributed by atoms with E-state index in [-0.39, 0.29) is 28.3 Å². The van der Waals surface area contributed by atoms with Crippen LogP contribution in [0.5, 0.6) is 0 Å². The molecule has 3 N–H and O–H groups in total. The molecule has 1 amide bonds. The number of nitrogens with one attached hydrogen (secondary N) is 1. The molecule has 3 aromatic rings. The molecule has 0 aliphatic rings. The van der Waals surface area contributed by atoms with Crippen molar-refractivity contribution in [2.24, 2.45) is 5.14 Å². The van der Waals surface area contributed by atoms with E-state index >= 15 is 0 Å². The Labute approximate surface area is 181 Å². The molecule has 0 unspecified atom stereocenters. The summed E-state index contributed by atoms with van der Waals surface area (Å²) in [5.74, 6) is -0.0826. The lowest BCUT2D eigenvalue weighted by Crippen LogP contribution is -2.17. The maximum absolute atomic E-state index is 13.0. The van der Waals surface area contributed by atoms with Crippen LogP contribution in [0.2, 0.25) is 5.02 Å². The van der Waals surface area contributed by atoms with E-state index in [9.17, 15) is 13.2 Å². The second-order valence-corrected chi connectivity index (χ2v) is 9.75. The predicted molar refractivity (Wildman–Crippen MR) is 121 cm³/mol. The number of nitrogens with zero attached hydrogens (tertiary/aromatic N) is 1. The minimum atomic E-state index is -3.90. The smallest absolute Gasteiger partial charge is 0.274 e. The normalized spacial score (nSPS) is 12.0. The zero-order valence-electron chi connectivity index (χ0n) is 17.2. The van der Waals surface area contributed by atoms with Crippen LogP contribution in [0.1, 0.15) is 61.1 Å². The molecular formula is C22H24ClN3O3S. The van der Waals surface area contributed by atoms with Crippen molar-refractivity contribution in [1.82, 2.24) is 4.98 Å². The molecule has 1 heterocycles. The Morgan fingerprint density at radius 3 is 2.17 bits per heavy atom. The van der Waals surface area contributed by atoms with Crippen molar-refractivity contribution in [3.63, 3.8) is 0 Å². The van der Waals surface area contributed by atoms with E-state index in [1.807, 2.05) is 39.8 Å². The fourth-order valence-electron chi connectivity index (χ4n) is 3.38. The van der Waals surface area contributed by atoms with E-state index in [0.717, 1.165) is 16.8 Å². The van der Waals surface area contributed by atoms with Gasteiger partial charge in [0.1, 0.15) is 5.69 Å². The number of carbonyl (C=O) groups excluding carboxylic acids is 1. The van der Waals surface area contributed by atoms with Gasteiger partial charge in [0.25, 0.3) is 5.91 Å². The third kappa shape index (κ3) is 4.48. The van der Waals surface area contributed by atoms with Gasteiger partial charge < -0.3 is 5.32 Å². The molecule has 0 bridgehead atoms. The monoisotopic (exact) mass is 445 g/mol. The molecule has 0 fully saturated rings. The van der Waals surface area contributed by atoms with Crippen LogP contribution in [0.25, 0.3) is 10.9 Å². The molecule has 158 valence electrons. The van der Waals surface area contributed by atoms with Gasteiger partial charge in [0, 0.05) is 16.1 Å². The fraction of sp³-hybridized carbons (Fsp3) is 0.273. The topological polar surface area (TPSA) is 102 Å². The third-order valence-electron chi connectivity index (χ3n) is 4.88. The zero-order chi connectivity index (χ0) is 22.2. The van der Waals surface area contributed by atoms with Crippen LogP contribution in [0, 0.1) is 0 Å². The fourth-order valence-corrected chi connectivity index (χ4v) is 4.37. The van der Waals surface area contributed by atoms with Gasteiger partial charge in [0.05, 0.1) is 10.4 Å². The number of sulfonamides is 1. The van der Waals surface area contributed by atoms with Gasteiger partial charge in [-0.15, -0.1) is 0 Å². The molecule has 0 spiro atoms. The second kappa shape index (κ2) is 8.34. The number of aromatic nitrogens is 1. The number of primary sulfonamides is 1. The number of fused-ring (bicyclic) bond motifs is 1. The van der Waals surface area contributed by atoms with E-state index in [4.69, 9.17) is 16.7 Å². The number of benzene rings is 2. The highest BCUT2D eigenvalue weighted by Crippen LogP contribution is 2.35. The minimum absolute atomic E-state index is 0.0265. The first kappa shape index (κ1) is 22.2. The summed E-state index contributed by atoms with van der Waals surface area (Å²) in [4.78, 5) is 17.4. The molecular weight excluding hydrogens is 422 g/mol. The van der Waals surface area contributed by atoms with Gasteiger partial charge in [0.15, 0.2) is 0 Å². The number of anilines is 1. The number of amides is 1. The minimum Gasteiger partial charge on any atom is -0.320 e. The van der Waals surface area contributed by atoms with Crippen molar-refractivity contribution in [3.8, 4) is 0 Å². The number of pyridine rings is 1. The van der Waals surface area contributed by atoms with Crippen LogP contribution in [0.3, 0.4) is 0 Å². The van der Waals surface area contributed by atoms with Gasteiger partial charge in [0.2, 0.25) is 10.0 Å². The maximum Gasteiger partial charge on any atom is 0.274 e. The van der Waals surface area contributed by atoms with Gasteiger partial charge in [-0.05, 0) is 59.4 Å². The molecule has 0 atom stereocenters.